The smallest absolute Gasteiger partial charge is 0.200 e. The van der Waals surface area contributed by atoms with Crippen LogP contribution in [0.4, 0.5) is 0 Å². The van der Waals surface area contributed by atoms with Gasteiger partial charge in [0, 0.05) is 33.1 Å². The lowest BCUT2D eigenvalue weighted by molar-refractivity contribution is -0.185. The van der Waals surface area contributed by atoms with E-state index in [1.165, 1.54) is 26.4 Å². The van der Waals surface area contributed by atoms with Gasteiger partial charge in [-0.25, -0.2) is 0 Å². The Balaban J connectivity index is 1.92. The summed E-state index contributed by atoms with van der Waals surface area (Å²) in [6.07, 6.45) is 3.38. The van der Waals surface area contributed by atoms with Crippen LogP contribution >= 0.6 is 12.2 Å². The van der Waals surface area contributed by atoms with Gasteiger partial charge in [0.2, 0.25) is 8.32 Å². The van der Waals surface area contributed by atoms with Crippen molar-refractivity contribution in [3.63, 3.8) is 0 Å². The van der Waals surface area contributed by atoms with E-state index in [0.717, 1.165) is 5.56 Å². The fourth-order valence-corrected chi connectivity index (χ4v) is 12.5. The van der Waals surface area contributed by atoms with E-state index in [1.807, 2.05) is 30.3 Å². The van der Waals surface area contributed by atoms with Crippen LogP contribution in [-0.4, -0.2) is 70.4 Å². The molecule has 43 heavy (non-hydrogen) atoms. The predicted molar refractivity (Wildman–Crippen MR) is 172 cm³/mol. The third-order valence-electron chi connectivity index (χ3n) is 8.62. The highest BCUT2D eigenvalue weighted by Crippen LogP contribution is 2.44. The summed E-state index contributed by atoms with van der Waals surface area (Å²) in [6.45, 7) is 13.6. The molecule has 238 valence electrons. The summed E-state index contributed by atoms with van der Waals surface area (Å²) in [4.78, 5) is 26.3. The number of hydrogen-bond donors (Lipinski definition) is 0. The first-order chi connectivity index (χ1) is 20.4. The number of carbonyl (C=O) groups excluding carboxylic acids is 2. The molecule has 0 bridgehead atoms. The van der Waals surface area contributed by atoms with Gasteiger partial charge >= 0.3 is 0 Å². The highest BCUT2D eigenvalue weighted by molar-refractivity contribution is 7.80. The van der Waals surface area contributed by atoms with Crippen molar-refractivity contribution in [1.29, 1.82) is 0 Å². The van der Waals surface area contributed by atoms with Crippen molar-refractivity contribution >= 4 is 37.2 Å². The van der Waals surface area contributed by atoms with E-state index in [0.29, 0.717) is 35.4 Å². The topological polar surface area (TPSA) is 89.5 Å². The highest BCUT2D eigenvalue weighted by Gasteiger charge is 2.54. The molecule has 0 spiro atoms. The van der Waals surface area contributed by atoms with Crippen molar-refractivity contribution < 1.29 is 37.7 Å². The van der Waals surface area contributed by atoms with E-state index in [4.69, 9.17) is 40.3 Å². The van der Waals surface area contributed by atoms with Gasteiger partial charge in [0.05, 0.1) is 12.5 Å². The molecule has 0 saturated heterocycles. The van der Waals surface area contributed by atoms with Crippen molar-refractivity contribution in [2.45, 2.75) is 95.4 Å². The Morgan fingerprint density at radius 3 is 2.23 bits per heavy atom. The Labute approximate surface area is 263 Å². The average molecular weight is 633 g/mol. The first-order valence-corrected chi connectivity index (χ1v) is 17.6. The van der Waals surface area contributed by atoms with Gasteiger partial charge in [-0.15, -0.1) is 0 Å². The summed E-state index contributed by atoms with van der Waals surface area (Å²) < 4.78 is 36.7. The van der Waals surface area contributed by atoms with Gasteiger partial charge in [0.15, 0.2) is 28.3 Å². The van der Waals surface area contributed by atoms with Crippen LogP contribution < -0.4 is 0 Å². The summed E-state index contributed by atoms with van der Waals surface area (Å²) in [5, 5.41) is 0.115. The maximum absolute atomic E-state index is 13.2. The van der Waals surface area contributed by atoms with Crippen LogP contribution in [0, 0.1) is 5.92 Å². The van der Waals surface area contributed by atoms with Crippen molar-refractivity contribution in [2.24, 2.45) is 5.92 Å². The fourth-order valence-electron chi connectivity index (χ4n) is 6.62. The number of methoxy groups -OCH3 is 2. The SMILES string of the molecule is COCO[C@@H]1C(=O)C=CC[C@@](CO[Si](C(C)C)(C(C)C)C(C)C)(OC(=S)C2CC(OCc3ccccc3)=CC2=O)[C@@H]1OC. The fraction of sp³-hybridized carbons (Fsp3) is 0.606. The van der Waals surface area contributed by atoms with Gasteiger partial charge in [-0.2, -0.15) is 0 Å². The molecule has 0 radical (unpaired) electrons. The predicted octanol–water partition coefficient (Wildman–Crippen LogP) is 6.48. The van der Waals surface area contributed by atoms with Crippen LogP contribution in [0.2, 0.25) is 16.6 Å². The summed E-state index contributed by atoms with van der Waals surface area (Å²) in [5.41, 5.74) is 0.697. The molecule has 0 fully saturated rings. The van der Waals surface area contributed by atoms with Crippen LogP contribution in [0.3, 0.4) is 0 Å². The Kier molecular flexibility index (Phi) is 12.9. The Hall–Kier alpha value is -2.21. The van der Waals surface area contributed by atoms with Crippen molar-refractivity contribution in [3.05, 3.63) is 59.9 Å². The van der Waals surface area contributed by atoms with Crippen LogP contribution in [0.15, 0.2) is 54.3 Å². The molecule has 1 aromatic carbocycles. The number of rotatable bonds is 15. The monoisotopic (exact) mass is 632 g/mol. The molecule has 2 aliphatic rings. The number of hydrogen-bond acceptors (Lipinski definition) is 9. The summed E-state index contributed by atoms with van der Waals surface area (Å²) in [6, 6.07) is 9.76. The van der Waals surface area contributed by atoms with Crippen molar-refractivity contribution in [3.8, 4) is 0 Å². The second-order valence-corrected chi connectivity index (χ2v) is 18.2. The van der Waals surface area contributed by atoms with E-state index >= 15 is 0 Å². The third-order valence-corrected chi connectivity index (χ3v) is 15.0. The third kappa shape index (κ3) is 8.09. The normalized spacial score (nSPS) is 24.5. The Morgan fingerprint density at radius 1 is 1.00 bits per heavy atom. The quantitative estimate of drug-likeness (QED) is 0.122. The van der Waals surface area contributed by atoms with E-state index in [2.05, 4.69) is 41.5 Å². The van der Waals surface area contributed by atoms with Crippen molar-refractivity contribution in [1.82, 2.24) is 0 Å². The molecule has 1 aromatic rings. The number of ketones is 2. The molecule has 0 aliphatic heterocycles. The standard InChI is InChI=1S/C33H48O8SSi/c1-22(2)43(23(3)4,24(5)6)40-20-33(16-12-15-28(34)30(31(33)37-8)39-21-36-7)41-32(42)27-17-26(18-29(27)35)38-19-25-13-10-9-11-14-25/h9-15,18,22-24,27,30-31H,16-17,19-21H2,1-8H3/t27?,30-,31-,33+/m1/s1. The van der Waals surface area contributed by atoms with E-state index in [9.17, 15) is 9.59 Å². The number of ether oxygens (including phenoxy) is 5. The zero-order chi connectivity index (χ0) is 31.8. The molecule has 0 heterocycles. The lowest BCUT2D eigenvalue weighted by atomic mass is 9.89. The maximum Gasteiger partial charge on any atom is 0.200 e. The molecular formula is C33H48O8SSi. The van der Waals surface area contributed by atoms with Gasteiger partial charge in [0.1, 0.15) is 25.3 Å². The molecule has 0 saturated carbocycles. The summed E-state index contributed by atoms with van der Waals surface area (Å²) >= 11 is 5.83. The zero-order valence-electron chi connectivity index (χ0n) is 26.8. The van der Waals surface area contributed by atoms with Gasteiger partial charge in [-0.1, -0.05) is 78.0 Å². The van der Waals surface area contributed by atoms with Gasteiger partial charge in [-0.05, 0) is 40.5 Å². The maximum atomic E-state index is 13.2. The molecule has 10 heteroatoms. The molecule has 0 aromatic heterocycles. The molecule has 3 rings (SSSR count). The minimum atomic E-state index is -2.38. The minimum absolute atomic E-state index is 0.110. The van der Waals surface area contributed by atoms with Crippen LogP contribution in [-0.2, 0) is 44.3 Å². The van der Waals surface area contributed by atoms with E-state index in [1.54, 1.807) is 6.08 Å². The second kappa shape index (κ2) is 15.7. The lowest BCUT2D eigenvalue weighted by Gasteiger charge is -2.47. The molecule has 8 nitrogen and oxygen atoms in total. The van der Waals surface area contributed by atoms with Gasteiger partial charge < -0.3 is 28.1 Å². The molecular weight excluding hydrogens is 585 g/mol. The van der Waals surface area contributed by atoms with E-state index < -0.39 is 32.0 Å². The molecule has 0 amide bonds. The van der Waals surface area contributed by atoms with E-state index in [-0.39, 0.29) is 36.4 Å². The molecule has 2 aliphatic carbocycles. The lowest BCUT2D eigenvalue weighted by Crippen LogP contribution is -2.60. The number of carbonyl (C=O) groups is 2. The number of allylic oxidation sites excluding steroid dienone is 2. The first kappa shape index (κ1) is 35.3. The summed E-state index contributed by atoms with van der Waals surface area (Å²) in [5.74, 6) is -0.600. The van der Waals surface area contributed by atoms with Crippen LogP contribution in [0.25, 0.3) is 0 Å². The molecule has 1 unspecified atom stereocenters. The van der Waals surface area contributed by atoms with Crippen LogP contribution in [0.1, 0.15) is 59.9 Å². The number of benzene rings is 1. The van der Waals surface area contributed by atoms with Crippen molar-refractivity contribution in [2.75, 3.05) is 27.6 Å². The molecule has 0 N–H and O–H groups in total. The second-order valence-electron chi connectivity index (χ2n) is 12.3. The minimum Gasteiger partial charge on any atom is -0.493 e. The Morgan fingerprint density at radius 2 is 1.65 bits per heavy atom. The number of thiocarbonyl (C=S) groups is 1. The summed E-state index contributed by atoms with van der Waals surface area (Å²) in [7, 11) is 0.626. The van der Waals surface area contributed by atoms with Gasteiger partial charge in [-0.3, -0.25) is 9.59 Å². The zero-order valence-corrected chi connectivity index (χ0v) is 28.6. The average Bonchev–Trinajstić information content (AvgIpc) is 3.28. The van der Waals surface area contributed by atoms with Crippen LogP contribution in [0.5, 0.6) is 0 Å². The highest BCUT2D eigenvalue weighted by atomic mass is 32.1. The largest absolute Gasteiger partial charge is 0.493 e. The Bertz CT molecular complexity index is 1140. The first-order valence-electron chi connectivity index (χ1n) is 15.0. The molecule has 4 atom stereocenters. The van der Waals surface area contributed by atoms with Gasteiger partial charge in [0.25, 0.3) is 0 Å².